The first kappa shape index (κ1) is 8.56. The highest BCUT2D eigenvalue weighted by molar-refractivity contribution is 6.18. The van der Waals surface area contributed by atoms with E-state index < -0.39 is 6.10 Å². The second-order valence-corrected chi connectivity index (χ2v) is 2.74. The maximum Gasteiger partial charge on any atom is 0.105 e. The fourth-order valence-electron chi connectivity index (χ4n) is 0.873. The fourth-order valence-corrected chi connectivity index (χ4v) is 0.970. The molecular weight excluding hydrogens is 164 g/mol. The first-order valence-electron chi connectivity index (χ1n) is 3.46. The number of halogens is 1. The van der Waals surface area contributed by atoms with Crippen molar-refractivity contribution in [1.82, 2.24) is 9.55 Å². The van der Waals surface area contributed by atoms with E-state index in [1.54, 1.807) is 6.20 Å². The number of aliphatic hydroxyl groups excluding tert-OH is 1. The molecule has 0 aromatic carbocycles. The lowest BCUT2D eigenvalue weighted by atomic mass is 10.4. The van der Waals surface area contributed by atoms with Crippen molar-refractivity contribution in [3.8, 4) is 0 Å². The van der Waals surface area contributed by atoms with Crippen molar-refractivity contribution in [2.24, 2.45) is 0 Å². The zero-order valence-electron chi connectivity index (χ0n) is 6.37. The van der Waals surface area contributed by atoms with Crippen molar-refractivity contribution in [3.05, 3.63) is 18.2 Å². The molecule has 11 heavy (non-hydrogen) atoms. The van der Waals surface area contributed by atoms with Crippen LogP contribution in [0.25, 0.3) is 0 Å². The zero-order valence-corrected chi connectivity index (χ0v) is 7.12. The van der Waals surface area contributed by atoms with Crippen molar-refractivity contribution in [2.45, 2.75) is 19.6 Å². The summed E-state index contributed by atoms with van der Waals surface area (Å²) in [6.45, 7) is 2.41. The van der Waals surface area contributed by atoms with Crippen LogP contribution in [0.15, 0.2) is 12.4 Å². The summed E-state index contributed by atoms with van der Waals surface area (Å²) in [4.78, 5) is 4.01. The molecule has 0 saturated carbocycles. The first-order chi connectivity index (χ1) is 5.24. The molecule has 0 amide bonds. The number of hydrogen-bond donors (Lipinski definition) is 1. The number of hydrogen-bond acceptors (Lipinski definition) is 2. The molecule has 1 atom stereocenters. The molecular formula is C7H11ClN2O. The van der Waals surface area contributed by atoms with Gasteiger partial charge in [-0.1, -0.05) is 0 Å². The molecule has 0 bridgehead atoms. The summed E-state index contributed by atoms with van der Waals surface area (Å²) in [7, 11) is 0. The van der Waals surface area contributed by atoms with Crippen LogP contribution in [-0.2, 0) is 6.54 Å². The smallest absolute Gasteiger partial charge is 0.105 e. The number of imidazole rings is 1. The molecule has 0 radical (unpaired) electrons. The number of aliphatic hydroxyl groups is 1. The summed E-state index contributed by atoms with van der Waals surface area (Å²) in [5.41, 5.74) is 0. The Balaban J connectivity index is 2.56. The maximum atomic E-state index is 9.17. The van der Waals surface area contributed by atoms with Gasteiger partial charge in [-0.2, -0.15) is 0 Å². The summed E-state index contributed by atoms with van der Waals surface area (Å²) in [6.07, 6.45) is 3.05. The third-order valence-corrected chi connectivity index (χ3v) is 1.87. The van der Waals surface area contributed by atoms with Gasteiger partial charge in [0.1, 0.15) is 5.82 Å². The van der Waals surface area contributed by atoms with Gasteiger partial charge in [0.2, 0.25) is 0 Å². The predicted molar refractivity (Wildman–Crippen MR) is 43.7 cm³/mol. The molecule has 4 heteroatoms. The molecule has 0 aliphatic carbocycles. The van der Waals surface area contributed by atoms with E-state index >= 15 is 0 Å². The summed E-state index contributed by atoms with van der Waals surface area (Å²) in [5, 5.41) is 9.17. The normalized spacial score (nSPS) is 13.4. The van der Waals surface area contributed by atoms with Crippen molar-refractivity contribution in [3.63, 3.8) is 0 Å². The van der Waals surface area contributed by atoms with E-state index in [1.165, 1.54) is 0 Å². The molecule has 1 heterocycles. The van der Waals surface area contributed by atoms with Gasteiger partial charge in [-0.25, -0.2) is 4.98 Å². The highest BCUT2D eigenvalue weighted by Crippen LogP contribution is 1.98. The van der Waals surface area contributed by atoms with Crippen LogP contribution < -0.4 is 0 Å². The van der Waals surface area contributed by atoms with Crippen molar-refractivity contribution >= 4 is 11.6 Å². The number of alkyl halides is 1. The second kappa shape index (κ2) is 3.74. The highest BCUT2D eigenvalue weighted by atomic mass is 35.5. The van der Waals surface area contributed by atoms with Crippen LogP contribution in [0, 0.1) is 6.92 Å². The van der Waals surface area contributed by atoms with Crippen LogP contribution in [0.2, 0.25) is 0 Å². The topological polar surface area (TPSA) is 38.0 Å². The van der Waals surface area contributed by atoms with Gasteiger partial charge in [-0.15, -0.1) is 11.6 Å². The van der Waals surface area contributed by atoms with Gasteiger partial charge in [0.25, 0.3) is 0 Å². The number of rotatable bonds is 3. The van der Waals surface area contributed by atoms with Gasteiger partial charge in [0.15, 0.2) is 0 Å². The molecule has 1 N–H and O–H groups in total. The largest absolute Gasteiger partial charge is 0.390 e. The van der Waals surface area contributed by atoms with Crippen LogP contribution in [0.1, 0.15) is 5.82 Å². The third kappa shape index (κ3) is 2.20. The van der Waals surface area contributed by atoms with Crippen molar-refractivity contribution < 1.29 is 5.11 Å². The van der Waals surface area contributed by atoms with Crippen molar-refractivity contribution in [2.75, 3.05) is 5.88 Å². The minimum atomic E-state index is -0.482. The standard InChI is InChI=1S/C7H11ClN2O/c1-6-9-2-3-10(6)5-7(11)4-8/h2-3,7,11H,4-5H2,1H3. The van der Waals surface area contributed by atoms with Gasteiger partial charge in [-0.05, 0) is 6.92 Å². The van der Waals surface area contributed by atoms with Gasteiger partial charge in [0, 0.05) is 12.4 Å². The molecule has 3 nitrogen and oxygen atoms in total. The molecule has 62 valence electrons. The van der Waals surface area contributed by atoms with Crippen LogP contribution in [0.5, 0.6) is 0 Å². The molecule has 0 saturated heterocycles. The summed E-state index contributed by atoms with van der Waals surface area (Å²) in [6, 6.07) is 0. The molecule has 1 aromatic rings. The van der Waals surface area contributed by atoms with Crippen LogP contribution >= 0.6 is 11.6 Å². The minimum Gasteiger partial charge on any atom is -0.390 e. The number of aryl methyl sites for hydroxylation is 1. The average molecular weight is 175 g/mol. The summed E-state index contributed by atoms with van der Waals surface area (Å²) in [5.74, 6) is 1.16. The van der Waals surface area contributed by atoms with Crippen LogP contribution in [0.4, 0.5) is 0 Å². The van der Waals surface area contributed by atoms with E-state index in [1.807, 2.05) is 17.7 Å². The second-order valence-electron chi connectivity index (χ2n) is 2.43. The highest BCUT2D eigenvalue weighted by Gasteiger charge is 2.03. The van der Waals surface area contributed by atoms with Gasteiger partial charge in [-0.3, -0.25) is 0 Å². The van der Waals surface area contributed by atoms with E-state index in [9.17, 15) is 5.11 Å². The van der Waals surface area contributed by atoms with E-state index in [0.717, 1.165) is 5.82 Å². The average Bonchev–Trinajstić information content (AvgIpc) is 2.37. The molecule has 0 fully saturated rings. The fraction of sp³-hybridized carbons (Fsp3) is 0.571. The number of aromatic nitrogens is 2. The third-order valence-electron chi connectivity index (χ3n) is 1.51. The Bertz CT molecular complexity index is 224. The molecule has 0 spiro atoms. The monoisotopic (exact) mass is 174 g/mol. The lowest BCUT2D eigenvalue weighted by molar-refractivity contribution is 0.176. The van der Waals surface area contributed by atoms with E-state index in [0.29, 0.717) is 6.54 Å². The Morgan fingerprint density at radius 2 is 2.55 bits per heavy atom. The quantitative estimate of drug-likeness (QED) is 0.689. The summed E-state index contributed by atoms with van der Waals surface area (Å²) < 4.78 is 1.87. The molecule has 1 aromatic heterocycles. The molecule has 0 aliphatic heterocycles. The SMILES string of the molecule is Cc1nccn1CC(O)CCl. The minimum absolute atomic E-state index is 0.262. The lowest BCUT2D eigenvalue weighted by Gasteiger charge is -2.08. The zero-order chi connectivity index (χ0) is 8.27. The molecule has 0 aliphatic rings. The Labute approximate surface area is 70.6 Å². The Kier molecular flexibility index (Phi) is 2.91. The first-order valence-corrected chi connectivity index (χ1v) is 3.99. The Hall–Kier alpha value is -0.540. The van der Waals surface area contributed by atoms with Crippen LogP contribution in [0.3, 0.4) is 0 Å². The van der Waals surface area contributed by atoms with E-state index in [4.69, 9.17) is 11.6 Å². The Morgan fingerprint density at radius 1 is 1.82 bits per heavy atom. The van der Waals surface area contributed by atoms with Gasteiger partial charge in [0.05, 0.1) is 18.5 Å². The predicted octanol–water partition coefficient (Wildman–Crippen LogP) is 0.791. The maximum absolute atomic E-state index is 9.17. The Morgan fingerprint density at radius 3 is 3.00 bits per heavy atom. The van der Waals surface area contributed by atoms with Crippen LogP contribution in [-0.4, -0.2) is 26.6 Å². The van der Waals surface area contributed by atoms with E-state index in [2.05, 4.69) is 4.98 Å². The molecule has 1 unspecified atom stereocenters. The number of nitrogens with zero attached hydrogens (tertiary/aromatic N) is 2. The lowest BCUT2D eigenvalue weighted by Crippen LogP contribution is -2.17. The van der Waals surface area contributed by atoms with Crippen molar-refractivity contribution in [1.29, 1.82) is 0 Å². The van der Waals surface area contributed by atoms with Gasteiger partial charge < -0.3 is 9.67 Å². The summed E-state index contributed by atoms with van der Waals surface area (Å²) >= 11 is 5.44. The van der Waals surface area contributed by atoms with Gasteiger partial charge >= 0.3 is 0 Å². The molecule has 1 rings (SSSR count). The van der Waals surface area contributed by atoms with E-state index in [-0.39, 0.29) is 5.88 Å².